The Bertz CT molecular complexity index is 781. The predicted octanol–water partition coefficient (Wildman–Crippen LogP) is 3.80. The summed E-state index contributed by atoms with van der Waals surface area (Å²) in [6, 6.07) is 5.85. The highest BCUT2D eigenvalue weighted by Gasteiger charge is 2.24. The van der Waals surface area contributed by atoms with E-state index in [9.17, 15) is 26.7 Å². The molecule has 0 heterocycles. The summed E-state index contributed by atoms with van der Waals surface area (Å²) in [5.74, 6) is -11.4. The quantitative estimate of drug-likeness (QED) is 0.296. The highest BCUT2D eigenvalue weighted by Crippen LogP contribution is 2.21. The number of carbonyl (C=O) groups is 1. The lowest BCUT2D eigenvalue weighted by molar-refractivity contribution is 0.0955. The Morgan fingerprint density at radius 2 is 1.48 bits per heavy atom. The molecule has 0 aromatic heterocycles. The molecule has 2 aromatic rings. The van der Waals surface area contributed by atoms with Gasteiger partial charge in [0.1, 0.15) is 0 Å². The maximum atomic E-state index is 13.4. The van der Waals surface area contributed by atoms with Gasteiger partial charge >= 0.3 is 0 Å². The Morgan fingerprint density at radius 1 is 0.957 bits per heavy atom. The van der Waals surface area contributed by atoms with Crippen LogP contribution in [0, 0.1) is 29.1 Å². The van der Waals surface area contributed by atoms with Crippen molar-refractivity contribution in [1.82, 2.24) is 5.43 Å². The molecule has 0 aliphatic rings. The number of benzene rings is 2. The Kier molecular flexibility index (Phi) is 4.95. The van der Waals surface area contributed by atoms with Gasteiger partial charge in [-0.05, 0) is 12.1 Å². The smallest absolute Gasteiger partial charge is 0.267 e. The number of nitrogens with one attached hydrogen (secondary N) is 1. The van der Waals surface area contributed by atoms with Crippen molar-refractivity contribution in [3.8, 4) is 0 Å². The van der Waals surface area contributed by atoms with E-state index >= 15 is 0 Å². The Hall–Kier alpha value is -2.48. The van der Waals surface area contributed by atoms with Crippen LogP contribution < -0.4 is 5.43 Å². The van der Waals surface area contributed by atoms with E-state index in [0.717, 1.165) is 0 Å². The monoisotopic (exact) mass is 348 g/mol. The zero-order valence-electron chi connectivity index (χ0n) is 11.0. The molecule has 2 aromatic carbocycles. The molecule has 0 saturated heterocycles. The standard InChI is InChI=1S/C14H6ClF5N2O/c15-8-4-2-1-3-6(8)14(23)22-21-5-7-9(16)11(18)13(20)12(19)10(7)17/h1-5H,(H,22,23)/b21-5+. The SMILES string of the molecule is O=C(N/N=C/c1c(F)c(F)c(F)c(F)c1F)c1ccccc1Cl. The van der Waals surface area contributed by atoms with Crippen molar-refractivity contribution in [3.63, 3.8) is 0 Å². The number of hydrazone groups is 1. The first kappa shape index (κ1) is 16.9. The molecule has 0 bridgehead atoms. The second-order valence-electron chi connectivity index (χ2n) is 4.16. The van der Waals surface area contributed by atoms with Crippen LogP contribution in [-0.2, 0) is 0 Å². The number of nitrogens with zero attached hydrogens (tertiary/aromatic N) is 1. The van der Waals surface area contributed by atoms with E-state index < -0.39 is 40.6 Å². The first-order valence-electron chi connectivity index (χ1n) is 5.94. The van der Waals surface area contributed by atoms with Crippen molar-refractivity contribution in [1.29, 1.82) is 0 Å². The van der Waals surface area contributed by atoms with Gasteiger partial charge in [0.2, 0.25) is 5.82 Å². The predicted molar refractivity (Wildman–Crippen MR) is 72.7 cm³/mol. The zero-order chi connectivity index (χ0) is 17.1. The molecule has 1 amide bonds. The van der Waals surface area contributed by atoms with Crippen LogP contribution in [0.25, 0.3) is 0 Å². The Morgan fingerprint density at radius 3 is 2.04 bits per heavy atom. The molecule has 0 aliphatic heterocycles. The Labute approximate surface area is 131 Å². The van der Waals surface area contributed by atoms with E-state index in [2.05, 4.69) is 5.10 Å². The molecular weight excluding hydrogens is 343 g/mol. The van der Waals surface area contributed by atoms with Crippen LogP contribution in [0.15, 0.2) is 29.4 Å². The van der Waals surface area contributed by atoms with Crippen molar-refractivity contribution in [2.45, 2.75) is 0 Å². The molecule has 2 rings (SSSR count). The normalized spacial score (nSPS) is 11.0. The van der Waals surface area contributed by atoms with Crippen LogP contribution >= 0.6 is 11.6 Å². The molecule has 0 radical (unpaired) electrons. The molecule has 1 N–H and O–H groups in total. The molecule has 9 heteroatoms. The number of hydrogen-bond acceptors (Lipinski definition) is 2. The molecular formula is C14H6ClF5N2O. The summed E-state index contributed by atoms with van der Waals surface area (Å²) in [4.78, 5) is 11.7. The lowest BCUT2D eigenvalue weighted by Gasteiger charge is -2.04. The third kappa shape index (κ3) is 3.31. The van der Waals surface area contributed by atoms with Gasteiger partial charge in [0, 0.05) is 0 Å². The summed E-state index contributed by atoms with van der Waals surface area (Å²) in [6.45, 7) is 0. The highest BCUT2D eigenvalue weighted by atomic mass is 35.5. The third-order valence-corrected chi connectivity index (χ3v) is 3.05. The first-order valence-corrected chi connectivity index (χ1v) is 6.31. The molecule has 0 spiro atoms. The van der Waals surface area contributed by atoms with Gasteiger partial charge in [-0.3, -0.25) is 4.79 Å². The number of carbonyl (C=O) groups excluding carboxylic acids is 1. The van der Waals surface area contributed by atoms with Crippen molar-refractivity contribution in [2.75, 3.05) is 0 Å². The van der Waals surface area contributed by atoms with Crippen LogP contribution in [0.5, 0.6) is 0 Å². The van der Waals surface area contributed by atoms with Gasteiger partial charge < -0.3 is 0 Å². The van der Waals surface area contributed by atoms with Gasteiger partial charge in [0.25, 0.3) is 5.91 Å². The molecule has 0 atom stereocenters. The summed E-state index contributed by atoms with van der Waals surface area (Å²) in [6.07, 6.45) is 0.311. The largest absolute Gasteiger partial charge is 0.272 e. The van der Waals surface area contributed by atoms with E-state index in [1.165, 1.54) is 18.2 Å². The fraction of sp³-hybridized carbons (Fsp3) is 0. The van der Waals surface area contributed by atoms with Gasteiger partial charge in [0.15, 0.2) is 23.3 Å². The molecule has 120 valence electrons. The van der Waals surface area contributed by atoms with E-state index in [1.54, 1.807) is 6.07 Å². The molecule has 0 saturated carbocycles. The average molecular weight is 349 g/mol. The van der Waals surface area contributed by atoms with E-state index in [4.69, 9.17) is 11.6 Å². The molecule has 0 unspecified atom stereocenters. The maximum Gasteiger partial charge on any atom is 0.272 e. The topological polar surface area (TPSA) is 41.5 Å². The van der Waals surface area contributed by atoms with Crippen molar-refractivity contribution in [2.24, 2.45) is 5.10 Å². The minimum absolute atomic E-state index is 0.0173. The van der Waals surface area contributed by atoms with E-state index in [0.29, 0.717) is 6.21 Å². The minimum Gasteiger partial charge on any atom is -0.267 e. The second kappa shape index (κ2) is 6.74. The zero-order valence-corrected chi connectivity index (χ0v) is 11.8. The second-order valence-corrected chi connectivity index (χ2v) is 4.57. The minimum atomic E-state index is -2.28. The number of rotatable bonds is 3. The number of amides is 1. The van der Waals surface area contributed by atoms with Crippen molar-refractivity contribution >= 4 is 23.7 Å². The first-order chi connectivity index (χ1) is 10.8. The van der Waals surface area contributed by atoms with E-state index in [-0.39, 0.29) is 10.6 Å². The summed E-state index contributed by atoms with van der Waals surface area (Å²) in [7, 11) is 0. The molecule has 23 heavy (non-hydrogen) atoms. The Balaban J connectivity index is 2.25. The van der Waals surface area contributed by atoms with Crippen molar-refractivity contribution in [3.05, 3.63) is 69.5 Å². The number of hydrogen-bond donors (Lipinski definition) is 1. The summed E-state index contributed by atoms with van der Waals surface area (Å²) >= 11 is 5.75. The lowest BCUT2D eigenvalue weighted by Crippen LogP contribution is -2.18. The van der Waals surface area contributed by atoms with Crippen LogP contribution in [0.3, 0.4) is 0 Å². The highest BCUT2D eigenvalue weighted by molar-refractivity contribution is 6.33. The third-order valence-electron chi connectivity index (χ3n) is 2.72. The van der Waals surface area contributed by atoms with Gasteiger partial charge in [-0.15, -0.1) is 0 Å². The van der Waals surface area contributed by atoms with Crippen LogP contribution in [0.2, 0.25) is 5.02 Å². The van der Waals surface area contributed by atoms with Gasteiger partial charge in [-0.25, -0.2) is 27.4 Å². The fourth-order valence-electron chi connectivity index (χ4n) is 1.60. The number of halogens is 6. The maximum absolute atomic E-state index is 13.4. The molecule has 0 aliphatic carbocycles. The molecule has 3 nitrogen and oxygen atoms in total. The van der Waals surface area contributed by atoms with Crippen LogP contribution in [0.1, 0.15) is 15.9 Å². The average Bonchev–Trinajstić information content (AvgIpc) is 2.54. The van der Waals surface area contributed by atoms with Crippen molar-refractivity contribution < 1.29 is 26.7 Å². The fourth-order valence-corrected chi connectivity index (χ4v) is 1.82. The summed E-state index contributed by atoms with van der Waals surface area (Å²) in [5.41, 5.74) is 0.611. The lowest BCUT2D eigenvalue weighted by atomic mass is 10.2. The van der Waals surface area contributed by atoms with Gasteiger partial charge in [-0.2, -0.15) is 5.10 Å². The van der Waals surface area contributed by atoms with Gasteiger partial charge in [-0.1, -0.05) is 23.7 Å². The molecule has 0 fully saturated rings. The van der Waals surface area contributed by atoms with Gasteiger partial charge in [0.05, 0.1) is 22.4 Å². The summed E-state index contributed by atoms with van der Waals surface area (Å²) < 4.78 is 65.6. The van der Waals surface area contributed by atoms with E-state index in [1.807, 2.05) is 5.43 Å². The summed E-state index contributed by atoms with van der Waals surface area (Å²) in [5, 5.41) is 3.27. The van der Waals surface area contributed by atoms with Crippen LogP contribution in [0.4, 0.5) is 22.0 Å². The van der Waals surface area contributed by atoms with Crippen LogP contribution in [-0.4, -0.2) is 12.1 Å².